The van der Waals surface area contributed by atoms with E-state index in [0.29, 0.717) is 11.1 Å². The molecule has 0 aliphatic rings. The Bertz CT molecular complexity index is 1210. The van der Waals surface area contributed by atoms with Crippen molar-refractivity contribution < 1.29 is 0 Å². The highest BCUT2D eigenvalue weighted by Gasteiger charge is 2.12. The van der Waals surface area contributed by atoms with Crippen LogP contribution in [0.4, 0.5) is 0 Å². The van der Waals surface area contributed by atoms with Gasteiger partial charge >= 0.3 is 0 Å². The Kier molecular flexibility index (Phi) is 4.55. The molecule has 0 amide bonds. The maximum absolute atomic E-state index is 13.4. The first-order chi connectivity index (χ1) is 13.3. The molecule has 27 heavy (non-hydrogen) atoms. The molecule has 4 aromatic rings. The molecule has 3 nitrogen and oxygen atoms in total. The van der Waals surface area contributed by atoms with Crippen molar-refractivity contribution in [2.75, 3.05) is 0 Å². The van der Waals surface area contributed by atoms with E-state index in [4.69, 9.17) is 0 Å². The first-order valence-corrected chi connectivity index (χ1v) is 8.94. The van der Waals surface area contributed by atoms with Gasteiger partial charge in [-0.25, -0.2) is 4.98 Å². The third-order valence-corrected chi connectivity index (χ3v) is 4.49. The smallest absolute Gasteiger partial charge is 0.264 e. The molecule has 3 heteroatoms. The normalized spacial score (nSPS) is 10.4. The van der Waals surface area contributed by atoms with E-state index < -0.39 is 0 Å². The van der Waals surface area contributed by atoms with Gasteiger partial charge in [-0.3, -0.25) is 9.36 Å². The summed E-state index contributed by atoms with van der Waals surface area (Å²) in [6.07, 6.45) is 2.48. The van der Waals surface area contributed by atoms with Crippen LogP contribution in [0, 0.1) is 11.8 Å². The summed E-state index contributed by atoms with van der Waals surface area (Å²) in [7, 11) is 0. The van der Waals surface area contributed by atoms with Crippen molar-refractivity contribution in [1.29, 1.82) is 0 Å². The number of aryl methyl sites for hydroxylation is 1. The fraction of sp³-hybridized carbons (Fsp3) is 0.0833. The lowest BCUT2D eigenvalue weighted by molar-refractivity contribution is 0.889. The molecule has 0 fully saturated rings. The molecule has 0 unspecified atom stereocenters. The van der Waals surface area contributed by atoms with E-state index in [1.165, 1.54) is 0 Å². The molecule has 2 heterocycles. The molecule has 0 atom stereocenters. The molecule has 2 aromatic heterocycles. The number of rotatable bonds is 2. The van der Waals surface area contributed by atoms with E-state index in [2.05, 4.69) is 29.8 Å². The number of hydrogen-bond acceptors (Lipinski definition) is 2. The average molecular weight is 350 g/mol. The molecule has 0 saturated heterocycles. The predicted octanol–water partition coefficient (Wildman–Crippen LogP) is 4.35. The van der Waals surface area contributed by atoms with E-state index in [1.54, 1.807) is 10.8 Å². The van der Waals surface area contributed by atoms with Crippen molar-refractivity contribution in [2.45, 2.75) is 13.3 Å². The Morgan fingerprint density at radius 3 is 2.48 bits per heavy atom. The van der Waals surface area contributed by atoms with Crippen LogP contribution in [0.15, 0.2) is 83.8 Å². The highest BCUT2D eigenvalue weighted by Crippen LogP contribution is 2.19. The van der Waals surface area contributed by atoms with Crippen LogP contribution in [0.2, 0.25) is 0 Å². The largest absolute Gasteiger partial charge is 0.281 e. The van der Waals surface area contributed by atoms with Crippen LogP contribution in [-0.4, -0.2) is 9.55 Å². The van der Waals surface area contributed by atoms with Crippen LogP contribution in [0.3, 0.4) is 0 Å². The number of hydrogen-bond donors (Lipinski definition) is 0. The van der Waals surface area contributed by atoms with Gasteiger partial charge in [-0.15, -0.1) is 0 Å². The number of aromatic nitrogens is 2. The van der Waals surface area contributed by atoms with Gasteiger partial charge in [0.1, 0.15) is 5.69 Å². The molecular weight excluding hydrogens is 332 g/mol. The summed E-state index contributed by atoms with van der Waals surface area (Å²) in [4.78, 5) is 17.7. The van der Waals surface area contributed by atoms with Gasteiger partial charge in [0.15, 0.2) is 0 Å². The maximum atomic E-state index is 13.4. The van der Waals surface area contributed by atoms with Gasteiger partial charge in [0, 0.05) is 23.1 Å². The number of benzene rings is 2. The van der Waals surface area contributed by atoms with Crippen molar-refractivity contribution >= 4 is 10.8 Å². The van der Waals surface area contributed by atoms with Gasteiger partial charge in [-0.05, 0) is 54.1 Å². The van der Waals surface area contributed by atoms with Crippen LogP contribution in [0.25, 0.3) is 16.5 Å². The van der Waals surface area contributed by atoms with Gasteiger partial charge in [0.2, 0.25) is 0 Å². The number of para-hydroxylation sites is 1. The highest BCUT2D eigenvalue weighted by atomic mass is 16.1. The topological polar surface area (TPSA) is 34.9 Å². The van der Waals surface area contributed by atoms with Crippen molar-refractivity contribution in [3.8, 4) is 17.5 Å². The van der Waals surface area contributed by atoms with Crippen molar-refractivity contribution in [2.24, 2.45) is 0 Å². The molecular formula is C24H18N2O. The van der Waals surface area contributed by atoms with E-state index >= 15 is 0 Å². The Balaban J connectivity index is 1.98. The minimum Gasteiger partial charge on any atom is -0.281 e. The van der Waals surface area contributed by atoms with Crippen LogP contribution in [-0.2, 0) is 6.42 Å². The molecule has 0 aliphatic carbocycles. The first kappa shape index (κ1) is 16.8. The fourth-order valence-corrected chi connectivity index (χ4v) is 3.21. The van der Waals surface area contributed by atoms with Crippen LogP contribution in [0.1, 0.15) is 23.9 Å². The second kappa shape index (κ2) is 7.31. The molecule has 0 bridgehead atoms. The minimum atomic E-state index is -0.0403. The molecule has 0 N–H and O–H groups in total. The van der Waals surface area contributed by atoms with Crippen LogP contribution < -0.4 is 5.56 Å². The van der Waals surface area contributed by atoms with E-state index in [0.717, 1.165) is 28.8 Å². The second-order valence-electron chi connectivity index (χ2n) is 6.20. The molecule has 0 radical (unpaired) electrons. The second-order valence-corrected chi connectivity index (χ2v) is 6.20. The molecule has 130 valence electrons. The molecule has 0 spiro atoms. The Labute approximate surface area is 157 Å². The van der Waals surface area contributed by atoms with Crippen LogP contribution >= 0.6 is 0 Å². The first-order valence-electron chi connectivity index (χ1n) is 8.94. The fourth-order valence-electron chi connectivity index (χ4n) is 3.21. The quantitative estimate of drug-likeness (QED) is 0.504. The standard InChI is InChI=1S/C24H18N2O/c1-2-21-17-19-10-8-9-18(14-15-20-11-6-7-16-25-20)23(19)24(27)26(21)22-12-4-3-5-13-22/h3-13,16-17H,2H2,1H3. The predicted molar refractivity (Wildman–Crippen MR) is 109 cm³/mol. The van der Waals surface area contributed by atoms with Crippen molar-refractivity contribution in [3.63, 3.8) is 0 Å². The summed E-state index contributed by atoms with van der Waals surface area (Å²) < 4.78 is 1.79. The SMILES string of the molecule is CCc1cc2cccc(C#Cc3ccccn3)c2c(=O)n1-c1ccccc1. The van der Waals surface area contributed by atoms with Gasteiger partial charge in [0.25, 0.3) is 5.56 Å². The summed E-state index contributed by atoms with van der Waals surface area (Å²) >= 11 is 0. The lowest BCUT2D eigenvalue weighted by atomic mass is 10.0. The highest BCUT2D eigenvalue weighted by molar-refractivity contribution is 5.88. The molecule has 0 saturated carbocycles. The third-order valence-electron chi connectivity index (χ3n) is 4.49. The van der Waals surface area contributed by atoms with Gasteiger partial charge in [-0.1, -0.05) is 49.2 Å². The zero-order chi connectivity index (χ0) is 18.6. The van der Waals surface area contributed by atoms with Gasteiger partial charge in [-0.2, -0.15) is 0 Å². The average Bonchev–Trinajstić information content (AvgIpc) is 2.73. The zero-order valence-electron chi connectivity index (χ0n) is 15.0. The third kappa shape index (κ3) is 3.26. The molecule has 0 aliphatic heterocycles. The number of fused-ring (bicyclic) bond motifs is 1. The van der Waals surface area contributed by atoms with Gasteiger partial charge in [0.05, 0.1) is 5.39 Å². The van der Waals surface area contributed by atoms with Gasteiger partial charge < -0.3 is 0 Å². The molecule has 4 rings (SSSR count). The zero-order valence-corrected chi connectivity index (χ0v) is 15.0. The lowest BCUT2D eigenvalue weighted by Crippen LogP contribution is -2.22. The Hall–Kier alpha value is -3.64. The van der Waals surface area contributed by atoms with Crippen molar-refractivity contribution in [1.82, 2.24) is 9.55 Å². The summed E-state index contributed by atoms with van der Waals surface area (Å²) in [5, 5.41) is 1.55. The minimum absolute atomic E-state index is 0.0403. The molecule has 2 aromatic carbocycles. The van der Waals surface area contributed by atoms with E-state index in [1.807, 2.05) is 66.7 Å². The number of nitrogens with zero attached hydrogens (tertiary/aromatic N) is 2. The Morgan fingerprint density at radius 1 is 0.926 bits per heavy atom. The summed E-state index contributed by atoms with van der Waals surface area (Å²) in [6.45, 7) is 2.06. The van der Waals surface area contributed by atoms with Crippen LogP contribution in [0.5, 0.6) is 0 Å². The monoisotopic (exact) mass is 350 g/mol. The van der Waals surface area contributed by atoms with Crippen molar-refractivity contribution in [3.05, 3.63) is 106 Å². The number of pyridine rings is 2. The maximum Gasteiger partial charge on any atom is 0.264 e. The Morgan fingerprint density at radius 2 is 1.74 bits per heavy atom. The summed E-state index contributed by atoms with van der Waals surface area (Å²) in [5.41, 5.74) is 3.21. The lowest BCUT2D eigenvalue weighted by Gasteiger charge is -2.14. The summed E-state index contributed by atoms with van der Waals surface area (Å²) in [6, 6.07) is 23.2. The van der Waals surface area contributed by atoms with E-state index in [9.17, 15) is 4.79 Å². The van der Waals surface area contributed by atoms with E-state index in [-0.39, 0.29) is 5.56 Å². The summed E-state index contributed by atoms with van der Waals surface area (Å²) in [5.74, 6) is 6.19.